The van der Waals surface area contributed by atoms with Gasteiger partial charge >= 0.3 is 6.36 Å². The van der Waals surface area contributed by atoms with E-state index in [1.54, 1.807) is 4.90 Å². The Balaban J connectivity index is 1.09. The van der Waals surface area contributed by atoms with Gasteiger partial charge in [0.15, 0.2) is 16.1 Å². The predicted octanol–water partition coefficient (Wildman–Crippen LogP) is 7.04. The molecule has 1 aliphatic rings. The zero-order valence-electron chi connectivity index (χ0n) is 24.7. The highest BCUT2D eigenvalue weighted by Gasteiger charge is 2.32. The standard InChI is InChI=1S/C32H31F3N6O2S2/c1-3-23-10-7-21(2)18-27(23)41-28(42)19-45-31(41)38-30(44)36-17-5-4-6-22-8-11-24(12-9-22)29-37-20-40(39-29)25-13-15-26(16-14-25)43-32(33,34)35/h7-16,18,20H,3-6,17,19H2,1-2H3,(H,36,44). The first kappa shape index (κ1) is 32.2. The minimum absolute atomic E-state index is 0.00477. The van der Waals surface area contributed by atoms with E-state index in [4.69, 9.17) is 12.2 Å². The predicted molar refractivity (Wildman–Crippen MR) is 175 cm³/mol. The number of unbranched alkanes of at least 4 members (excludes halogenated alkanes) is 1. The molecule has 0 radical (unpaired) electrons. The molecule has 0 spiro atoms. The van der Waals surface area contributed by atoms with Crippen LogP contribution in [0.1, 0.15) is 36.5 Å². The Hall–Kier alpha value is -4.23. The summed E-state index contributed by atoms with van der Waals surface area (Å²) in [7, 11) is 0. The summed E-state index contributed by atoms with van der Waals surface area (Å²) in [6, 6.07) is 19.5. The number of hydrogen-bond donors (Lipinski definition) is 1. The van der Waals surface area contributed by atoms with Crippen LogP contribution in [-0.2, 0) is 17.6 Å². The number of nitrogens with zero attached hydrogens (tertiary/aromatic N) is 5. The molecule has 0 saturated carbocycles. The monoisotopic (exact) mass is 652 g/mol. The van der Waals surface area contributed by atoms with Crippen molar-refractivity contribution in [1.82, 2.24) is 20.1 Å². The van der Waals surface area contributed by atoms with Crippen molar-refractivity contribution < 1.29 is 22.7 Å². The third-order valence-corrected chi connectivity index (χ3v) is 8.19. The van der Waals surface area contributed by atoms with Crippen LogP contribution in [0.4, 0.5) is 18.9 Å². The van der Waals surface area contributed by atoms with E-state index in [9.17, 15) is 18.0 Å². The van der Waals surface area contributed by atoms with Gasteiger partial charge in [-0.1, -0.05) is 55.1 Å². The second-order valence-electron chi connectivity index (χ2n) is 10.3. The molecule has 1 amide bonds. The van der Waals surface area contributed by atoms with E-state index in [-0.39, 0.29) is 11.7 Å². The lowest BCUT2D eigenvalue weighted by atomic mass is 10.1. The molecular formula is C32H31F3N6O2S2. The molecule has 13 heteroatoms. The van der Waals surface area contributed by atoms with Crippen molar-refractivity contribution in [3.63, 3.8) is 0 Å². The zero-order chi connectivity index (χ0) is 32.0. The smallest absolute Gasteiger partial charge is 0.406 e. The Morgan fingerprint density at radius 2 is 1.84 bits per heavy atom. The van der Waals surface area contributed by atoms with Crippen molar-refractivity contribution in [3.8, 4) is 22.8 Å². The SMILES string of the molecule is CCc1ccc(C)cc1N1C(=O)CSC1=NC(=S)NCCCCc1ccc(-c2ncn(-c3ccc(OC(F)(F)F)cc3)n2)cc1. The normalized spacial score (nSPS) is 14.3. The maximum atomic E-state index is 12.7. The summed E-state index contributed by atoms with van der Waals surface area (Å²) in [4.78, 5) is 23.3. The van der Waals surface area contributed by atoms with Gasteiger partial charge < -0.3 is 10.1 Å². The Morgan fingerprint density at radius 1 is 1.09 bits per heavy atom. The molecule has 3 aromatic carbocycles. The molecule has 8 nitrogen and oxygen atoms in total. The van der Waals surface area contributed by atoms with Crippen molar-refractivity contribution in [2.24, 2.45) is 4.99 Å². The van der Waals surface area contributed by atoms with Gasteiger partial charge in [0.05, 0.1) is 17.1 Å². The minimum atomic E-state index is -4.74. The van der Waals surface area contributed by atoms with Crippen LogP contribution in [0.2, 0.25) is 0 Å². The molecule has 1 aliphatic heterocycles. The van der Waals surface area contributed by atoms with Crippen LogP contribution in [0.15, 0.2) is 78.0 Å². The van der Waals surface area contributed by atoms with E-state index in [0.29, 0.717) is 34.1 Å². The van der Waals surface area contributed by atoms with Crippen LogP contribution < -0.4 is 15.0 Å². The fourth-order valence-corrected chi connectivity index (χ4v) is 5.89. The first-order valence-electron chi connectivity index (χ1n) is 14.4. The number of aliphatic imine (C=N–C) groups is 1. The number of anilines is 1. The Kier molecular flexibility index (Phi) is 10.2. The molecule has 0 atom stereocenters. The maximum absolute atomic E-state index is 12.7. The third kappa shape index (κ3) is 8.49. The van der Waals surface area contributed by atoms with Crippen LogP contribution in [0.5, 0.6) is 5.75 Å². The molecule has 0 unspecified atom stereocenters. The van der Waals surface area contributed by atoms with Gasteiger partial charge in [-0.05, 0) is 91.8 Å². The first-order valence-corrected chi connectivity index (χ1v) is 15.8. The number of hydrogen-bond acceptors (Lipinski definition) is 6. The lowest BCUT2D eigenvalue weighted by Gasteiger charge is -2.20. The van der Waals surface area contributed by atoms with E-state index in [0.717, 1.165) is 48.1 Å². The maximum Gasteiger partial charge on any atom is 0.573 e. The Bertz CT molecular complexity index is 1690. The highest BCUT2D eigenvalue weighted by molar-refractivity contribution is 8.15. The van der Waals surface area contributed by atoms with Crippen molar-refractivity contribution >= 4 is 45.9 Å². The van der Waals surface area contributed by atoms with Crippen LogP contribution >= 0.6 is 24.0 Å². The number of aromatic nitrogens is 3. The Labute approximate surface area is 268 Å². The van der Waals surface area contributed by atoms with Gasteiger partial charge in [-0.2, -0.15) is 4.99 Å². The molecule has 45 heavy (non-hydrogen) atoms. The second-order valence-corrected chi connectivity index (χ2v) is 11.7. The van der Waals surface area contributed by atoms with Gasteiger partial charge in [-0.15, -0.1) is 18.3 Å². The molecule has 1 saturated heterocycles. The summed E-state index contributed by atoms with van der Waals surface area (Å²) < 4.78 is 42.6. The third-order valence-electron chi connectivity index (χ3n) is 7.03. The lowest BCUT2D eigenvalue weighted by molar-refractivity contribution is -0.274. The molecular weight excluding hydrogens is 622 g/mol. The Morgan fingerprint density at radius 3 is 2.56 bits per heavy atom. The fourth-order valence-electron chi connectivity index (χ4n) is 4.78. The van der Waals surface area contributed by atoms with Gasteiger partial charge in [-0.3, -0.25) is 9.69 Å². The number of halogens is 3. The summed E-state index contributed by atoms with van der Waals surface area (Å²) in [6.45, 7) is 4.75. The van der Waals surface area contributed by atoms with E-state index < -0.39 is 6.36 Å². The van der Waals surface area contributed by atoms with E-state index in [1.165, 1.54) is 52.6 Å². The summed E-state index contributed by atoms with van der Waals surface area (Å²) >= 11 is 6.87. The van der Waals surface area contributed by atoms with E-state index in [1.807, 2.05) is 43.3 Å². The fraction of sp³-hybridized carbons (Fsp3) is 0.281. The van der Waals surface area contributed by atoms with Gasteiger partial charge in [-0.25, -0.2) is 9.67 Å². The molecule has 0 aliphatic carbocycles. The number of aryl methyl sites for hydroxylation is 3. The average molecular weight is 653 g/mol. The summed E-state index contributed by atoms with van der Waals surface area (Å²) in [6.07, 6.45) is 0.290. The van der Waals surface area contributed by atoms with Crippen LogP contribution in [0.25, 0.3) is 17.1 Å². The van der Waals surface area contributed by atoms with Crippen LogP contribution in [-0.4, -0.2) is 49.6 Å². The van der Waals surface area contributed by atoms with Crippen molar-refractivity contribution in [3.05, 3.63) is 89.7 Å². The highest BCUT2D eigenvalue weighted by atomic mass is 32.2. The van der Waals surface area contributed by atoms with E-state index >= 15 is 0 Å². The molecule has 234 valence electrons. The lowest BCUT2D eigenvalue weighted by Crippen LogP contribution is -2.32. The molecule has 1 aromatic heterocycles. The van der Waals surface area contributed by atoms with Gasteiger partial charge in [0, 0.05) is 12.1 Å². The molecule has 5 rings (SSSR count). The summed E-state index contributed by atoms with van der Waals surface area (Å²) in [5.74, 6) is 0.551. The van der Waals surface area contributed by atoms with Crippen molar-refractivity contribution in [2.45, 2.75) is 45.9 Å². The molecule has 4 aromatic rings. The number of thiocarbonyl (C=S) groups is 1. The van der Waals surface area contributed by atoms with Crippen molar-refractivity contribution in [2.75, 3.05) is 17.2 Å². The van der Waals surface area contributed by atoms with Gasteiger partial charge in [0.25, 0.3) is 0 Å². The molecule has 0 bridgehead atoms. The number of nitrogens with one attached hydrogen (secondary N) is 1. The number of carbonyl (C=O) groups excluding carboxylic acids is 1. The largest absolute Gasteiger partial charge is 0.573 e. The molecule has 2 heterocycles. The number of benzene rings is 3. The highest BCUT2D eigenvalue weighted by Crippen LogP contribution is 2.31. The number of ether oxygens (including phenoxy) is 1. The average Bonchev–Trinajstić information content (AvgIpc) is 3.64. The number of carbonyl (C=O) groups is 1. The van der Waals surface area contributed by atoms with Crippen LogP contribution in [0, 0.1) is 6.92 Å². The minimum Gasteiger partial charge on any atom is -0.406 e. The number of amidine groups is 1. The first-order chi connectivity index (χ1) is 21.6. The quantitative estimate of drug-likeness (QED) is 0.145. The number of alkyl halides is 3. The topological polar surface area (TPSA) is 84.6 Å². The van der Waals surface area contributed by atoms with E-state index in [2.05, 4.69) is 38.1 Å². The number of thioether (sulfide) groups is 1. The molecule has 1 N–H and O–H groups in total. The summed E-state index contributed by atoms with van der Waals surface area (Å²) in [5.41, 5.74) is 5.60. The molecule has 1 fully saturated rings. The summed E-state index contributed by atoms with van der Waals surface area (Å²) in [5, 5.41) is 8.62. The number of amides is 1. The van der Waals surface area contributed by atoms with Crippen LogP contribution in [0.3, 0.4) is 0 Å². The number of rotatable bonds is 10. The van der Waals surface area contributed by atoms with Crippen molar-refractivity contribution in [1.29, 1.82) is 0 Å². The van der Waals surface area contributed by atoms with Gasteiger partial charge in [0.2, 0.25) is 5.91 Å². The second kappa shape index (κ2) is 14.2. The van der Waals surface area contributed by atoms with Gasteiger partial charge in [0.1, 0.15) is 12.1 Å². The zero-order valence-corrected chi connectivity index (χ0v) is 26.3.